The summed E-state index contributed by atoms with van der Waals surface area (Å²) in [6, 6.07) is 0. The molecule has 0 aromatic carbocycles. The van der Waals surface area contributed by atoms with Crippen LogP contribution in [-0.4, -0.2) is 16.5 Å². The minimum absolute atomic E-state index is 0.462. The van der Waals surface area contributed by atoms with E-state index in [0.29, 0.717) is 5.82 Å². The highest BCUT2D eigenvalue weighted by Crippen LogP contribution is 2.13. The Morgan fingerprint density at radius 3 is 2.69 bits per heavy atom. The van der Waals surface area contributed by atoms with Crippen molar-refractivity contribution in [3.05, 3.63) is 12.4 Å². The van der Waals surface area contributed by atoms with Gasteiger partial charge in [0.05, 0.1) is 12.4 Å². The number of unbranched alkanes of at least 4 members (excludes halogenated alkanes) is 1. The number of hydrogen-bond donors (Lipinski definition) is 2. The molecule has 1 heterocycles. The molecule has 0 bridgehead atoms. The second-order valence-corrected chi connectivity index (χ2v) is 4.12. The van der Waals surface area contributed by atoms with Crippen LogP contribution in [0.2, 0.25) is 0 Å². The van der Waals surface area contributed by atoms with Gasteiger partial charge in [0.25, 0.3) is 0 Å². The Morgan fingerprint density at radius 2 is 2.12 bits per heavy atom. The van der Waals surface area contributed by atoms with E-state index in [4.69, 9.17) is 5.73 Å². The lowest BCUT2D eigenvalue weighted by Crippen LogP contribution is -2.14. The van der Waals surface area contributed by atoms with Crippen LogP contribution in [0.4, 0.5) is 11.6 Å². The van der Waals surface area contributed by atoms with Gasteiger partial charge in [-0.3, -0.25) is 0 Å². The fourth-order valence-electron chi connectivity index (χ4n) is 1.62. The van der Waals surface area contributed by atoms with Gasteiger partial charge in [-0.05, 0) is 12.3 Å². The Bertz CT molecular complexity index is 284. The molecule has 1 unspecified atom stereocenters. The summed E-state index contributed by atoms with van der Waals surface area (Å²) in [5.74, 6) is 1.99. The van der Waals surface area contributed by atoms with Crippen LogP contribution in [0, 0.1) is 5.92 Å². The van der Waals surface area contributed by atoms with E-state index in [1.807, 2.05) is 0 Å². The smallest absolute Gasteiger partial charge is 0.144 e. The topological polar surface area (TPSA) is 63.8 Å². The summed E-state index contributed by atoms with van der Waals surface area (Å²) < 4.78 is 0. The number of hydrogen-bond acceptors (Lipinski definition) is 4. The Hall–Kier alpha value is -1.32. The van der Waals surface area contributed by atoms with Gasteiger partial charge < -0.3 is 11.1 Å². The van der Waals surface area contributed by atoms with Crippen molar-refractivity contribution in [3.8, 4) is 0 Å². The van der Waals surface area contributed by atoms with Crippen LogP contribution in [0.25, 0.3) is 0 Å². The predicted molar refractivity (Wildman–Crippen MR) is 68.2 cm³/mol. The molecule has 0 aliphatic rings. The molecule has 1 aromatic heterocycles. The van der Waals surface area contributed by atoms with Gasteiger partial charge in [0, 0.05) is 6.54 Å². The molecule has 1 atom stereocenters. The second-order valence-electron chi connectivity index (χ2n) is 4.12. The van der Waals surface area contributed by atoms with E-state index in [-0.39, 0.29) is 0 Å². The summed E-state index contributed by atoms with van der Waals surface area (Å²) in [6.45, 7) is 5.43. The van der Waals surface area contributed by atoms with Gasteiger partial charge >= 0.3 is 0 Å². The molecule has 0 aliphatic heterocycles. The second kappa shape index (κ2) is 7.04. The summed E-state index contributed by atoms with van der Waals surface area (Å²) in [7, 11) is 0. The SMILES string of the molecule is CCCCC(CC)CNc1cnc(N)cn1. The minimum Gasteiger partial charge on any atom is -0.382 e. The third kappa shape index (κ3) is 4.47. The summed E-state index contributed by atoms with van der Waals surface area (Å²) in [4.78, 5) is 8.16. The van der Waals surface area contributed by atoms with Crippen LogP contribution in [0.5, 0.6) is 0 Å². The molecule has 0 saturated heterocycles. The van der Waals surface area contributed by atoms with Crippen molar-refractivity contribution < 1.29 is 0 Å². The maximum Gasteiger partial charge on any atom is 0.144 e. The van der Waals surface area contributed by atoms with Crippen molar-refractivity contribution in [2.24, 2.45) is 5.92 Å². The summed E-state index contributed by atoms with van der Waals surface area (Å²) in [5.41, 5.74) is 5.47. The van der Waals surface area contributed by atoms with E-state index in [9.17, 15) is 0 Å². The third-order valence-corrected chi connectivity index (χ3v) is 2.79. The first kappa shape index (κ1) is 12.7. The molecule has 16 heavy (non-hydrogen) atoms. The lowest BCUT2D eigenvalue weighted by Gasteiger charge is -2.15. The maximum absolute atomic E-state index is 5.47. The van der Waals surface area contributed by atoms with Crippen molar-refractivity contribution in [2.75, 3.05) is 17.6 Å². The molecule has 0 aliphatic carbocycles. The highest BCUT2D eigenvalue weighted by atomic mass is 15.0. The molecule has 4 nitrogen and oxygen atoms in total. The van der Waals surface area contributed by atoms with Gasteiger partial charge in [-0.15, -0.1) is 0 Å². The molecule has 90 valence electrons. The zero-order valence-corrected chi connectivity index (χ0v) is 10.2. The Balaban J connectivity index is 2.34. The van der Waals surface area contributed by atoms with E-state index in [2.05, 4.69) is 29.1 Å². The number of nitrogens with zero attached hydrogens (tertiary/aromatic N) is 2. The zero-order chi connectivity index (χ0) is 11.8. The van der Waals surface area contributed by atoms with Crippen molar-refractivity contribution in [2.45, 2.75) is 39.5 Å². The quantitative estimate of drug-likeness (QED) is 0.744. The first-order valence-electron chi connectivity index (χ1n) is 6.07. The van der Waals surface area contributed by atoms with E-state index >= 15 is 0 Å². The largest absolute Gasteiger partial charge is 0.382 e. The third-order valence-electron chi connectivity index (χ3n) is 2.79. The normalized spacial score (nSPS) is 12.4. The molecule has 1 aromatic rings. The summed E-state index contributed by atoms with van der Waals surface area (Å²) in [5, 5.41) is 3.30. The summed E-state index contributed by atoms with van der Waals surface area (Å²) >= 11 is 0. The fourth-order valence-corrected chi connectivity index (χ4v) is 1.62. The molecule has 0 saturated carbocycles. The van der Waals surface area contributed by atoms with Gasteiger partial charge in [0.2, 0.25) is 0 Å². The average Bonchev–Trinajstić information content (AvgIpc) is 2.32. The molecule has 0 amide bonds. The molecular formula is C12H22N4. The van der Waals surface area contributed by atoms with E-state index in [0.717, 1.165) is 18.3 Å². The Kier molecular flexibility index (Phi) is 5.61. The number of nitrogen functional groups attached to an aromatic ring is 1. The van der Waals surface area contributed by atoms with Crippen LogP contribution in [0.1, 0.15) is 39.5 Å². The minimum atomic E-state index is 0.462. The van der Waals surface area contributed by atoms with Gasteiger partial charge in [-0.2, -0.15) is 0 Å². The lowest BCUT2D eigenvalue weighted by molar-refractivity contribution is 0.472. The average molecular weight is 222 g/mol. The molecule has 0 fully saturated rings. The van der Waals surface area contributed by atoms with Crippen LogP contribution >= 0.6 is 0 Å². The van der Waals surface area contributed by atoms with Gasteiger partial charge in [-0.25, -0.2) is 9.97 Å². The Labute approximate surface area is 97.7 Å². The maximum atomic E-state index is 5.47. The number of aromatic nitrogens is 2. The van der Waals surface area contributed by atoms with Crippen molar-refractivity contribution in [1.29, 1.82) is 0 Å². The van der Waals surface area contributed by atoms with Gasteiger partial charge in [-0.1, -0.05) is 33.1 Å². The molecule has 4 heteroatoms. The monoisotopic (exact) mass is 222 g/mol. The highest BCUT2D eigenvalue weighted by Gasteiger charge is 2.05. The first-order chi connectivity index (χ1) is 7.76. The van der Waals surface area contributed by atoms with E-state index in [1.165, 1.54) is 25.7 Å². The number of nitrogens with one attached hydrogen (secondary N) is 1. The number of rotatable bonds is 7. The molecule has 0 spiro atoms. The van der Waals surface area contributed by atoms with Crippen molar-refractivity contribution >= 4 is 11.6 Å². The molecule has 1 rings (SSSR count). The van der Waals surface area contributed by atoms with E-state index < -0.39 is 0 Å². The highest BCUT2D eigenvalue weighted by molar-refractivity contribution is 5.35. The first-order valence-corrected chi connectivity index (χ1v) is 6.07. The van der Waals surface area contributed by atoms with Crippen LogP contribution in [0.3, 0.4) is 0 Å². The van der Waals surface area contributed by atoms with Crippen molar-refractivity contribution in [3.63, 3.8) is 0 Å². The van der Waals surface area contributed by atoms with Gasteiger partial charge in [0.1, 0.15) is 11.6 Å². The van der Waals surface area contributed by atoms with Crippen LogP contribution < -0.4 is 11.1 Å². The molecular weight excluding hydrogens is 200 g/mol. The number of anilines is 2. The number of nitrogens with two attached hydrogens (primary N) is 1. The lowest BCUT2D eigenvalue weighted by atomic mass is 9.99. The zero-order valence-electron chi connectivity index (χ0n) is 10.2. The van der Waals surface area contributed by atoms with Crippen LogP contribution in [-0.2, 0) is 0 Å². The molecule has 0 radical (unpaired) electrons. The summed E-state index contributed by atoms with van der Waals surface area (Å²) in [6.07, 6.45) is 8.31. The van der Waals surface area contributed by atoms with E-state index in [1.54, 1.807) is 12.4 Å². The predicted octanol–water partition coefficient (Wildman–Crippen LogP) is 2.69. The molecule has 3 N–H and O–H groups in total. The van der Waals surface area contributed by atoms with Gasteiger partial charge in [0.15, 0.2) is 0 Å². The van der Waals surface area contributed by atoms with Crippen LogP contribution in [0.15, 0.2) is 12.4 Å². The fraction of sp³-hybridized carbons (Fsp3) is 0.667. The Morgan fingerprint density at radius 1 is 1.31 bits per heavy atom. The van der Waals surface area contributed by atoms with Crippen molar-refractivity contribution in [1.82, 2.24) is 9.97 Å². The standard InChI is InChI=1S/C12H22N4/c1-3-5-6-10(4-2)7-15-12-9-14-11(13)8-16-12/h8-10H,3-7H2,1-2H3,(H2,13,14)(H,15,16).